The SMILES string of the molecule is CCCC/C=C/CC/C=C/CC/C=C/C(O)C(CS(=O)(=O)O)NC(=O)CCCCCCC/C=C\CCCCCCC. The van der Waals surface area contributed by atoms with Gasteiger partial charge in [0.05, 0.1) is 17.9 Å². The summed E-state index contributed by atoms with van der Waals surface area (Å²) in [5.41, 5.74) is 0. The number of unbranched alkanes of at least 4 members (excludes halogenated alkanes) is 14. The molecular weight excluding hydrogens is 534 g/mol. The van der Waals surface area contributed by atoms with E-state index in [1.54, 1.807) is 6.08 Å². The van der Waals surface area contributed by atoms with Crippen LogP contribution in [0.4, 0.5) is 0 Å². The average Bonchev–Trinajstić information content (AvgIpc) is 2.92. The zero-order chi connectivity index (χ0) is 30.4. The van der Waals surface area contributed by atoms with Gasteiger partial charge in [0.2, 0.25) is 5.91 Å². The summed E-state index contributed by atoms with van der Waals surface area (Å²) in [7, 11) is -4.35. The first-order valence-corrected chi connectivity index (χ1v) is 17.9. The molecule has 0 rings (SSSR count). The number of aliphatic hydroxyl groups excluding tert-OH is 1. The van der Waals surface area contributed by atoms with Crippen molar-refractivity contribution in [2.45, 2.75) is 154 Å². The molecule has 0 fully saturated rings. The average molecular weight is 596 g/mol. The lowest BCUT2D eigenvalue weighted by molar-refractivity contribution is -0.122. The van der Waals surface area contributed by atoms with E-state index in [1.807, 2.05) is 0 Å². The molecule has 1 amide bonds. The Bertz CT molecular complexity index is 832. The van der Waals surface area contributed by atoms with Crippen LogP contribution in [-0.4, -0.2) is 41.9 Å². The van der Waals surface area contributed by atoms with Gasteiger partial charge in [-0.3, -0.25) is 9.35 Å². The predicted octanol–water partition coefficient (Wildman–Crippen LogP) is 8.79. The second kappa shape index (κ2) is 28.4. The summed E-state index contributed by atoms with van der Waals surface area (Å²) < 4.78 is 32.2. The largest absolute Gasteiger partial charge is 0.387 e. The molecule has 0 saturated heterocycles. The zero-order valence-electron chi connectivity index (χ0n) is 26.2. The lowest BCUT2D eigenvalue weighted by Crippen LogP contribution is -2.46. The molecule has 7 heteroatoms. The molecule has 41 heavy (non-hydrogen) atoms. The lowest BCUT2D eigenvalue weighted by Gasteiger charge is -2.21. The molecular formula is C34H61NO5S. The smallest absolute Gasteiger partial charge is 0.267 e. The minimum Gasteiger partial charge on any atom is -0.387 e. The van der Waals surface area contributed by atoms with Gasteiger partial charge in [-0.15, -0.1) is 0 Å². The number of carbonyl (C=O) groups excluding carboxylic acids is 1. The first-order valence-electron chi connectivity index (χ1n) is 16.3. The van der Waals surface area contributed by atoms with Crippen LogP contribution < -0.4 is 5.32 Å². The molecule has 0 radical (unpaired) electrons. The summed E-state index contributed by atoms with van der Waals surface area (Å²) in [6.07, 6.45) is 36.6. The van der Waals surface area contributed by atoms with Gasteiger partial charge in [-0.1, -0.05) is 120 Å². The quantitative estimate of drug-likeness (QED) is 0.0476. The fourth-order valence-electron chi connectivity index (χ4n) is 4.46. The van der Waals surface area contributed by atoms with Gasteiger partial charge >= 0.3 is 0 Å². The van der Waals surface area contributed by atoms with E-state index in [0.717, 1.165) is 57.8 Å². The van der Waals surface area contributed by atoms with Crippen molar-refractivity contribution in [2.75, 3.05) is 5.75 Å². The normalized spacial score (nSPS) is 14.1. The van der Waals surface area contributed by atoms with Crippen molar-refractivity contribution in [1.29, 1.82) is 0 Å². The van der Waals surface area contributed by atoms with E-state index in [1.165, 1.54) is 57.4 Å². The number of allylic oxidation sites excluding steroid dienone is 7. The molecule has 3 N–H and O–H groups in total. The zero-order valence-corrected chi connectivity index (χ0v) is 27.0. The highest BCUT2D eigenvalue weighted by molar-refractivity contribution is 7.85. The van der Waals surface area contributed by atoms with Crippen LogP contribution in [0, 0.1) is 0 Å². The molecule has 0 saturated carbocycles. The summed E-state index contributed by atoms with van der Waals surface area (Å²) in [5.74, 6) is -1.03. The van der Waals surface area contributed by atoms with Crippen molar-refractivity contribution < 1.29 is 22.9 Å². The topological polar surface area (TPSA) is 104 Å². The summed E-state index contributed by atoms with van der Waals surface area (Å²) in [5, 5.41) is 13.1. The number of amides is 1. The highest BCUT2D eigenvalue weighted by Gasteiger charge is 2.24. The van der Waals surface area contributed by atoms with Crippen molar-refractivity contribution in [3.05, 3.63) is 48.6 Å². The number of hydrogen-bond donors (Lipinski definition) is 3. The van der Waals surface area contributed by atoms with E-state index in [-0.39, 0.29) is 12.3 Å². The molecule has 0 aromatic rings. The van der Waals surface area contributed by atoms with Crippen LogP contribution in [0.5, 0.6) is 0 Å². The Morgan fingerprint density at radius 1 is 0.634 bits per heavy atom. The maximum atomic E-state index is 12.4. The van der Waals surface area contributed by atoms with E-state index < -0.39 is 28.0 Å². The highest BCUT2D eigenvalue weighted by Crippen LogP contribution is 2.10. The van der Waals surface area contributed by atoms with Crippen molar-refractivity contribution in [1.82, 2.24) is 5.32 Å². The molecule has 6 nitrogen and oxygen atoms in total. The van der Waals surface area contributed by atoms with Gasteiger partial charge in [0.1, 0.15) is 0 Å². The molecule has 0 spiro atoms. The van der Waals surface area contributed by atoms with Gasteiger partial charge in [0, 0.05) is 6.42 Å². The Kier molecular flexibility index (Phi) is 27.2. The second-order valence-electron chi connectivity index (χ2n) is 11.1. The molecule has 238 valence electrons. The molecule has 0 bridgehead atoms. The third kappa shape index (κ3) is 29.6. The minimum atomic E-state index is -4.35. The van der Waals surface area contributed by atoms with E-state index in [0.29, 0.717) is 12.8 Å². The fourth-order valence-corrected chi connectivity index (χ4v) is 5.19. The van der Waals surface area contributed by atoms with Crippen molar-refractivity contribution in [3.8, 4) is 0 Å². The molecule has 0 aliphatic heterocycles. The number of rotatable bonds is 28. The van der Waals surface area contributed by atoms with Gasteiger partial charge in [-0.05, 0) is 64.2 Å². The highest BCUT2D eigenvalue weighted by atomic mass is 32.2. The monoisotopic (exact) mass is 595 g/mol. The number of nitrogens with one attached hydrogen (secondary N) is 1. The summed E-state index contributed by atoms with van der Waals surface area (Å²) in [6.45, 7) is 4.43. The second-order valence-corrected chi connectivity index (χ2v) is 12.6. The van der Waals surface area contributed by atoms with Gasteiger partial charge in [0.15, 0.2) is 0 Å². The predicted molar refractivity (Wildman–Crippen MR) is 175 cm³/mol. The van der Waals surface area contributed by atoms with Crippen molar-refractivity contribution in [3.63, 3.8) is 0 Å². The Morgan fingerprint density at radius 3 is 1.61 bits per heavy atom. The molecule has 0 aliphatic carbocycles. The molecule has 0 aromatic carbocycles. The van der Waals surface area contributed by atoms with Crippen LogP contribution >= 0.6 is 0 Å². The van der Waals surface area contributed by atoms with Crippen LogP contribution in [0.3, 0.4) is 0 Å². The van der Waals surface area contributed by atoms with E-state index in [2.05, 4.69) is 55.6 Å². The maximum Gasteiger partial charge on any atom is 0.267 e. The minimum absolute atomic E-state index is 0.273. The van der Waals surface area contributed by atoms with Crippen molar-refractivity contribution in [2.24, 2.45) is 0 Å². The number of hydrogen-bond acceptors (Lipinski definition) is 4. The molecule has 2 unspecified atom stereocenters. The summed E-state index contributed by atoms with van der Waals surface area (Å²) >= 11 is 0. The third-order valence-electron chi connectivity index (χ3n) is 6.96. The van der Waals surface area contributed by atoms with Crippen LogP contribution in [0.15, 0.2) is 48.6 Å². The Labute approximate surface area is 252 Å². The van der Waals surface area contributed by atoms with Crippen molar-refractivity contribution >= 4 is 16.0 Å². The Hall–Kier alpha value is -1.70. The fraction of sp³-hybridized carbons (Fsp3) is 0.735. The van der Waals surface area contributed by atoms with Gasteiger partial charge in [0.25, 0.3) is 10.1 Å². The number of carbonyl (C=O) groups is 1. The molecule has 0 aliphatic rings. The van der Waals surface area contributed by atoms with Crippen LogP contribution in [-0.2, 0) is 14.9 Å². The maximum absolute atomic E-state index is 12.4. The Morgan fingerprint density at radius 2 is 1.07 bits per heavy atom. The first-order chi connectivity index (χ1) is 19.8. The molecule has 2 atom stereocenters. The standard InChI is InChI=1S/C34H61NO5S/c1-3-5-7-9-11-13-15-17-18-20-22-24-26-28-30-34(37)35-32(31-41(38,39)40)33(36)29-27-25-23-21-19-16-14-12-10-8-6-4-2/h10,12,15,17,19,21,27,29,32-33,36H,3-9,11,13-14,16,18,20,22-26,28,30-31H2,1-2H3,(H,35,37)(H,38,39,40)/b12-10+,17-15-,21-19+,29-27+. The third-order valence-corrected chi connectivity index (χ3v) is 7.74. The number of aliphatic hydroxyl groups is 1. The van der Waals surface area contributed by atoms with Gasteiger partial charge < -0.3 is 10.4 Å². The molecule has 0 aromatic heterocycles. The first kappa shape index (κ1) is 39.3. The summed E-state index contributed by atoms with van der Waals surface area (Å²) in [4.78, 5) is 12.4. The van der Waals surface area contributed by atoms with Crippen LogP contribution in [0.25, 0.3) is 0 Å². The molecule has 0 heterocycles. The summed E-state index contributed by atoms with van der Waals surface area (Å²) in [6, 6.07) is -1.08. The van der Waals surface area contributed by atoms with E-state index in [4.69, 9.17) is 0 Å². The van der Waals surface area contributed by atoms with Gasteiger partial charge in [-0.2, -0.15) is 8.42 Å². The Balaban J connectivity index is 4.15. The van der Waals surface area contributed by atoms with Gasteiger partial charge in [-0.25, -0.2) is 0 Å². The van der Waals surface area contributed by atoms with E-state index >= 15 is 0 Å². The van der Waals surface area contributed by atoms with Crippen LogP contribution in [0.1, 0.15) is 142 Å². The van der Waals surface area contributed by atoms with Crippen LogP contribution in [0.2, 0.25) is 0 Å². The van der Waals surface area contributed by atoms with E-state index in [9.17, 15) is 22.9 Å². The lowest BCUT2D eigenvalue weighted by atomic mass is 10.1.